The summed E-state index contributed by atoms with van der Waals surface area (Å²) in [6, 6.07) is 11.7. The molecule has 2 heterocycles. The summed E-state index contributed by atoms with van der Waals surface area (Å²) in [5.74, 6) is -0.167. The number of nitrogens with one attached hydrogen (secondary N) is 2. The summed E-state index contributed by atoms with van der Waals surface area (Å²) in [4.78, 5) is 5.78. The summed E-state index contributed by atoms with van der Waals surface area (Å²) in [5.41, 5.74) is 0. The number of aromatic amines is 2. The largest absolute Gasteiger partial charge is 0.876 e. The molecule has 0 aromatic carbocycles. The maximum absolute atomic E-state index is 9.33. The van der Waals surface area contributed by atoms with Crippen molar-refractivity contribution in [3.8, 4) is 0 Å². The van der Waals surface area contributed by atoms with Crippen LogP contribution in [0, 0.1) is 0 Å². The highest BCUT2D eigenvalue weighted by Gasteiger charge is 1.66. The van der Waals surface area contributed by atoms with Gasteiger partial charge < -0.3 is 10.2 Å². The lowest BCUT2D eigenvalue weighted by Gasteiger charge is -1.92. The van der Waals surface area contributed by atoms with Crippen LogP contribution in [0.2, 0.25) is 0 Å². The highest BCUT2D eigenvalue weighted by Crippen LogP contribution is 1.69. The van der Waals surface area contributed by atoms with Gasteiger partial charge in [0.25, 0.3) is 0 Å². The Labute approximate surface area is 120 Å². The third kappa shape index (κ3) is 36.1. The van der Waals surface area contributed by atoms with Crippen molar-refractivity contribution in [2.45, 2.75) is 13.8 Å². The molecule has 2 aromatic heterocycles. The fourth-order valence-corrected chi connectivity index (χ4v) is 0.684. The molecule has 4 nitrogen and oxygen atoms in total. The first-order chi connectivity index (χ1) is 9.46. The molecule has 0 spiro atoms. The van der Waals surface area contributed by atoms with Crippen LogP contribution in [-0.2, 0) is 0 Å². The van der Waals surface area contributed by atoms with E-state index in [1.54, 1.807) is 0 Å². The van der Waals surface area contributed by atoms with Gasteiger partial charge in [0.15, 0.2) is 24.8 Å². The fraction of sp³-hybridized carbons (Fsp3) is 0.125. The minimum Gasteiger partial charge on any atom is -0.876 e. The van der Waals surface area contributed by atoms with Crippen LogP contribution in [0.3, 0.4) is 0 Å². The number of H-pyrrole nitrogens is 2. The average Bonchev–Trinajstić information content (AvgIpc) is 2.42. The molecule has 0 radical (unpaired) electrons. The van der Waals surface area contributed by atoms with Crippen molar-refractivity contribution >= 4 is 0 Å². The van der Waals surface area contributed by atoms with Gasteiger partial charge in [-0.3, -0.25) is 0 Å². The van der Waals surface area contributed by atoms with Crippen molar-refractivity contribution in [1.29, 1.82) is 0 Å². The van der Waals surface area contributed by atoms with Gasteiger partial charge in [-0.15, -0.1) is 24.7 Å². The Morgan fingerprint density at radius 1 is 0.650 bits per heavy atom. The van der Waals surface area contributed by atoms with Crippen LogP contribution in [0.1, 0.15) is 13.8 Å². The summed E-state index contributed by atoms with van der Waals surface area (Å²) >= 11 is 0. The molecule has 20 heavy (non-hydrogen) atoms. The molecule has 2 aromatic rings. The average molecular weight is 274 g/mol. The van der Waals surface area contributed by atoms with Crippen molar-refractivity contribution in [3.05, 3.63) is 85.9 Å². The zero-order chi connectivity index (χ0) is 15.6. The van der Waals surface area contributed by atoms with E-state index >= 15 is 0 Å². The Bertz CT molecular complexity index is 326. The van der Waals surface area contributed by atoms with Crippen molar-refractivity contribution in [2.75, 3.05) is 0 Å². The molecular formula is C16H22N2O2. The van der Waals surface area contributed by atoms with E-state index in [0.717, 1.165) is 0 Å². The Morgan fingerprint density at radius 3 is 0.900 bits per heavy atom. The Morgan fingerprint density at radius 2 is 0.850 bits per heavy atom. The van der Waals surface area contributed by atoms with E-state index in [0.29, 0.717) is 0 Å². The Kier molecular flexibility index (Phi) is 16.1. The maximum atomic E-state index is 9.33. The predicted octanol–water partition coefficient (Wildman–Crippen LogP) is 0.762. The third-order valence-electron chi connectivity index (χ3n) is 1.21. The molecule has 0 amide bonds. The molecule has 2 rings (SSSR count). The highest BCUT2D eigenvalue weighted by atomic mass is 16.3. The van der Waals surface area contributed by atoms with Crippen molar-refractivity contribution in [2.24, 2.45) is 0 Å². The molecular weight excluding hydrogens is 252 g/mol. The molecule has 0 unspecified atom stereocenters. The van der Waals surface area contributed by atoms with Crippen LogP contribution in [0.5, 0.6) is 0 Å². The van der Waals surface area contributed by atoms with E-state index in [-0.39, 0.29) is 11.5 Å². The quantitative estimate of drug-likeness (QED) is 0.665. The molecule has 0 saturated heterocycles. The van der Waals surface area contributed by atoms with Crippen LogP contribution in [0.4, 0.5) is 0 Å². The van der Waals surface area contributed by atoms with E-state index in [1.807, 2.05) is 61.2 Å². The van der Waals surface area contributed by atoms with Crippen molar-refractivity contribution < 1.29 is 20.2 Å². The standard InChI is InChI=1S/2C5H5N.2C3H6O/c2*1-2-4-6-5-3-1;2*1-3(2)4/h2*1-5H;2*4H,1H2,2H3. The summed E-state index contributed by atoms with van der Waals surface area (Å²) in [6.45, 7) is 8.83. The molecule has 0 aliphatic rings. The normalized spacial score (nSPS) is 7.30. The van der Waals surface area contributed by atoms with Crippen molar-refractivity contribution in [3.63, 3.8) is 0 Å². The van der Waals surface area contributed by atoms with E-state index < -0.39 is 0 Å². The molecule has 0 atom stereocenters. The van der Waals surface area contributed by atoms with Gasteiger partial charge in [0.05, 0.1) is 0 Å². The topological polar surface area (TPSA) is 74.4 Å². The van der Waals surface area contributed by atoms with Crippen LogP contribution >= 0.6 is 0 Å². The summed E-state index contributed by atoms with van der Waals surface area (Å²) in [6.07, 6.45) is 7.50. The molecule has 0 aliphatic carbocycles. The fourth-order valence-electron chi connectivity index (χ4n) is 0.684. The summed E-state index contributed by atoms with van der Waals surface area (Å²) in [5, 5.41) is 18.7. The van der Waals surface area contributed by atoms with Crippen LogP contribution < -0.4 is 20.2 Å². The van der Waals surface area contributed by atoms with Gasteiger partial charge >= 0.3 is 0 Å². The first kappa shape index (κ1) is 19.7. The third-order valence-corrected chi connectivity index (χ3v) is 1.21. The van der Waals surface area contributed by atoms with Gasteiger partial charge in [-0.1, -0.05) is 26.0 Å². The zero-order valence-electron chi connectivity index (χ0n) is 12.0. The second-order valence-electron chi connectivity index (χ2n) is 3.56. The number of hydrogen-bond donors (Lipinski definition) is 0. The number of allylic oxidation sites excluding steroid dienone is 2. The monoisotopic (exact) mass is 274 g/mol. The van der Waals surface area contributed by atoms with Gasteiger partial charge in [-0.2, -0.15) is 0 Å². The second-order valence-corrected chi connectivity index (χ2v) is 3.56. The zero-order valence-corrected chi connectivity index (χ0v) is 12.0. The van der Waals surface area contributed by atoms with Crippen LogP contribution in [0.25, 0.3) is 0 Å². The molecule has 108 valence electrons. The molecule has 0 fully saturated rings. The van der Waals surface area contributed by atoms with Gasteiger partial charge in [-0.05, 0) is 0 Å². The molecule has 2 N–H and O–H groups in total. The van der Waals surface area contributed by atoms with Gasteiger partial charge in [0.2, 0.25) is 0 Å². The van der Waals surface area contributed by atoms with E-state index in [4.69, 9.17) is 0 Å². The minimum atomic E-state index is -0.0833. The van der Waals surface area contributed by atoms with E-state index in [1.165, 1.54) is 13.8 Å². The SMILES string of the molecule is C=C(C)[O-].C=C(C)[O-].c1cc[nH+]cc1.c1cc[nH+]cc1. The van der Waals surface area contributed by atoms with Crippen LogP contribution in [0.15, 0.2) is 85.9 Å². The molecule has 0 aliphatic heterocycles. The number of aromatic nitrogens is 2. The summed E-state index contributed by atoms with van der Waals surface area (Å²) < 4.78 is 0. The van der Waals surface area contributed by atoms with E-state index in [2.05, 4.69) is 23.1 Å². The molecule has 0 bridgehead atoms. The number of hydrogen-bond acceptors (Lipinski definition) is 2. The minimum absolute atomic E-state index is 0.0833. The molecule has 0 saturated carbocycles. The van der Waals surface area contributed by atoms with Crippen LogP contribution in [-0.4, -0.2) is 0 Å². The lowest BCUT2D eigenvalue weighted by atomic mass is 10.5. The first-order valence-corrected chi connectivity index (χ1v) is 5.94. The smallest absolute Gasteiger partial charge is 0.166 e. The lowest BCUT2D eigenvalue weighted by Crippen LogP contribution is -1.93. The maximum Gasteiger partial charge on any atom is 0.166 e. The summed E-state index contributed by atoms with van der Waals surface area (Å²) in [7, 11) is 0. The Hall–Kier alpha value is -2.62. The Balaban J connectivity index is 0. The van der Waals surface area contributed by atoms with Crippen molar-refractivity contribution in [1.82, 2.24) is 0 Å². The van der Waals surface area contributed by atoms with Gasteiger partial charge in [-0.25, -0.2) is 9.97 Å². The highest BCUT2D eigenvalue weighted by molar-refractivity contribution is 4.83. The van der Waals surface area contributed by atoms with Gasteiger partial charge in [0.1, 0.15) is 0 Å². The predicted molar refractivity (Wildman–Crippen MR) is 75.6 cm³/mol. The lowest BCUT2D eigenvalue weighted by molar-refractivity contribution is -0.378. The molecule has 4 heteroatoms. The van der Waals surface area contributed by atoms with E-state index in [9.17, 15) is 10.2 Å². The van der Waals surface area contributed by atoms with Gasteiger partial charge in [0, 0.05) is 24.3 Å². The number of pyridine rings is 2. The number of rotatable bonds is 0. The second kappa shape index (κ2) is 16.4. The first-order valence-electron chi connectivity index (χ1n) is 5.94.